The molecule has 5 heteroatoms. The molecule has 4 unspecified atom stereocenters. The molecule has 0 aromatic carbocycles. The number of rotatable bonds is 7. The van der Waals surface area contributed by atoms with Crippen LogP contribution in [0.1, 0.15) is 45.4 Å². The number of carbonyl (C=O) groups is 1. The van der Waals surface area contributed by atoms with Crippen molar-refractivity contribution in [1.29, 1.82) is 0 Å². The molecular formula is C18H28O5. The van der Waals surface area contributed by atoms with Crippen molar-refractivity contribution in [2.75, 3.05) is 0 Å². The molecule has 2 rings (SSSR count). The SMILES string of the molecule is C[C@H]1C=CC2=CC(O)CCC2C1CCC(O)C[C@@H](O)CC(=O)O. The van der Waals surface area contributed by atoms with Crippen LogP contribution in [0, 0.1) is 17.8 Å². The lowest BCUT2D eigenvalue weighted by Gasteiger charge is -2.38. The van der Waals surface area contributed by atoms with E-state index < -0.39 is 18.2 Å². The van der Waals surface area contributed by atoms with E-state index in [0.717, 1.165) is 19.3 Å². The van der Waals surface area contributed by atoms with Crippen molar-refractivity contribution in [3.63, 3.8) is 0 Å². The van der Waals surface area contributed by atoms with Crippen LogP contribution in [0.4, 0.5) is 0 Å². The van der Waals surface area contributed by atoms with Crippen molar-refractivity contribution < 1.29 is 25.2 Å². The van der Waals surface area contributed by atoms with Crippen LogP contribution in [0.15, 0.2) is 23.8 Å². The summed E-state index contributed by atoms with van der Waals surface area (Å²) in [4.78, 5) is 10.5. The van der Waals surface area contributed by atoms with Gasteiger partial charge in [0, 0.05) is 0 Å². The van der Waals surface area contributed by atoms with E-state index in [9.17, 15) is 20.1 Å². The third-order valence-corrected chi connectivity index (χ3v) is 5.16. The predicted molar refractivity (Wildman–Crippen MR) is 86.7 cm³/mol. The maximum atomic E-state index is 10.5. The zero-order valence-electron chi connectivity index (χ0n) is 13.6. The van der Waals surface area contributed by atoms with Crippen molar-refractivity contribution in [3.05, 3.63) is 23.8 Å². The standard InChI is InChI=1S/C18H28O5/c1-11-2-3-12-8-13(19)5-7-17(12)16(11)6-4-14(20)9-15(21)10-18(22)23/h2-3,8,11,13-17,19-21H,4-7,9-10H2,1H3,(H,22,23)/t11-,13?,14?,15+,16?,17?/m0/s1. The first kappa shape index (κ1) is 18.2. The average molecular weight is 324 g/mol. The maximum absolute atomic E-state index is 10.5. The van der Waals surface area contributed by atoms with Crippen LogP contribution >= 0.6 is 0 Å². The molecular weight excluding hydrogens is 296 g/mol. The second kappa shape index (κ2) is 8.08. The first-order chi connectivity index (χ1) is 10.9. The molecule has 4 N–H and O–H groups in total. The third kappa shape index (κ3) is 5.16. The van der Waals surface area contributed by atoms with Gasteiger partial charge in [-0.05, 0) is 55.4 Å². The summed E-state index contributed by atoms with van der Waals surface area (Å²) in [6, 6.07) is 0. The Morgan fingerprint density at radius 1 is 1.30 bits per heavy atom. The van der Waals surface area contributed by atoms with Gasteiger partial charge < -0.3 is 20.4 Å². The van der Waals surface area contributed by atoms with E-state index in [1.807, 2.05) is 6.08 Å². The molecule has 2 aliphatic rings. The van der Waals surface area contributed by atoms with Gasteiger partial charge in [0.1, 0.15) is 0 Å². The van der Waals surface area contributed by atoms with E-state index >= 15 is 0 Å². The van der Waals surface area contributed by atoms with Crippen LogP contribution < -0.4 is 0 Å². The van der Waals surface area contributed by atoms with Crippen LogP contribution in [0.5, 0.6) is 0 Å². The summed E-state index contributed by atoms with van der Waals surface area (Å²) in [5.74, 6) is 0.217. The minimum absolute atomic E-state index is 0.106. The van der Waals surface area contributed by atoms with Crippen molar-refractivity contribution in [2.24, 2.45) is 17.8 Å². The Hall–Kier alpha value is -1.17. The second-order valence-corrected chi connectivity index (χ2v) is 7.02. The first-order valence-electron chi connectivity index (χ1n) is 8.52. The Kier molecular flexibility index (Phi) is 6.39. The number of allylic oxidation sites excluding steroid dienone is 3. The molecule has 0 fully saturated rings. The van der Waals surface area contributed by atoms with Crippen molar-refractivity contribution in [1.82, 2.24) is 0 Å². The predicted octanol–water partition coefficient (Wildman–Crippen LogP) is 1.87. The number of aliphatic hydroxyl groups excluding tert-OH is 3. The van der Waals surface area contributed by atoms with Gasteiger partial charge in [-0.25, -0.2) is 0 Å². The fraction of sp³-hybridized carbons (Fsp3) is 0.722. The van der Waals surface area contributed by atoms with Gasteiger partial charge in [0.15, 0.2) is 0 Å². The molecule has 23 heavy (non-hydrogen) atoms. The van der Waals surface area contributed by atoms with Crippen LogP contribution in [-0.2, 0) is 4.79 Å². The van der Waals surface area contributed by atoms with E-state index in [1.54, 1.807) is 0 Å². The molecule has 0 aromatic heterocycles. The van der Waals surface area contributed by atoms with E-state index in [-0.39, 0.29) is 18.9 Å². The lowest BCUT2D eigenvalue weighted by Crippen LogP contribution is -2.31. The minimum atomic E-state index is -1.05. The molecule has 0 aromatic rings. The number of fused-ring (bicyclic) bond motifs is 1. The Labute approximate surface area is 137 Å². The molecule has 5 nitrogen and oxygen atoms in total. The van der Waals surface area contributed by atoms with E-state index in [1.165, 1.54) is 5.57 Å². The summed E-state index contributed by atoms with van der Waals surface area (Å²) in [6.45, 7) is 2.18. The molecule has 0 amide bonds. The molecule has 0 heterocycles. The Bertz CT molecular complexity index is 470. The summed E-state index contributed by atoms with van der Waals surface area (Å²) in [5.41, 5.74) is 1.20. The molecule has 2 aliphatic carbocycles. The molecule has 130 valence electrons. The van der Waals surface area contributed by atoms with Gasteiger partial charge in [-0.3, -0.25) is 4.79 Å². The summed E-state index contributed by atoms with van der Waals surface area (Å²) in [7, 11) is 0. The molecule has 0 radical (unpaired) electrons. The Morgan fingerprint density at radius 2 is 2.04 bits per heavy atom. The fourth-order valence-corrected chi connectivity index (χ4v) is 3.92. The van der Waals surface area contributed by atoms with E-state index in [2.05, 4.69) is 19.1 Å². The van der Waals surface area contributed by atoms with Gasteiger partial charge in [-0.1, -0.05) is 25.2 Å². The van der Waals surface area contributed by atoms with E-state index in [0.29, 0.717) is 24.2 Å². The number of carboxylic acid groups (broad SMARTS) is 1. The number of hydrogen-bond donors (Lipinski definition) is 4. The highest BCUT2D eigenvalue weighted by molar-refractivity contribution is 5.67. The number of aliphatic carboxylic acids is 1. The lowest BCUT2D eigenvalue weighted by molar-refractivity contribution is -0.139. The lowest BCUT2D eigenvalue weighted by atomic mass is 9.67. The van der Waals surface area contributed by atoms with E-state index in [4.69, 9.17) is 5.11 Å². The number of hydrogen-bond acceptors (Lipinski definition) is 4. The van der Waals surface area contributed by atoms with Gasteiger partial charge in [0.2, 0.25) is 0 Å². The highest BCUT2D eigenvalue weighted by atomic mass is 16.4. The number of aliphatic hydroxyl groups is 3. The number of carboxylic acids is 1. The first-order valence-corrected chi connectivity index (χ1v) is 8.52. The van der Waals surface area contributed by atoms with Crippen molar-refractivity contribution in [2.45, 2.75) is 63.8 Å². The van der Waals surface area contributed by atoms with Crippen molar-refractivity contribution in [3.8, 4) is 0 Å². The fourth-order valence-electron chi connectivity index (χ4n) is 3.92. The van der Waals surface area contributed by atoms with Gasteiger partial charge in [0.25, 0.3) is 0 Å². The van der Waals surface area contributed by atoms with Gasteiger partial charge in [-0.15, -0.1) is 0 Å². The topological polar surface area (TPSA) is 98.0 Å². The zero-order valence-corrected chi connectivity index (χ0v) is 13.6. The molecule has 0 saturated carbocycles. The third-order valence-electron chi connectivity index (χ3n) is 5.16. The summed E-state index contributed by atoms with van der Waals surface area (Å²) in [5, 5.41) is 38.1. The maximum Gasteiger partial charge on any atom is 0.305 e. The van der Waals surface area contributed by atoms with Crippen molar-refractivity contribution >= 4 is 5.97 Å². The molecule has 0 saturated heterocycles. The summed E-state index contributed by atoms with van der Waals surface area (Å²) >= 11 is 0. The zero-order chi connectivity index (χ0) is 17.0. The minimum Gasteiger partial charge on any atom is -0.481 e. The monoisotopic (exact) mass is 324 g/mol. The van der Waals surface area contributed by atoms with Crippen LogP contribution in [0.25, 0.3) is 0 Å². The van der Waals surface area contributed by atoms with Gasteiger partial charge in [0.05, 0.1) is 24.7 Å². The van der Waals surface area contributed by atoms with Crippen LogP contribution in [-0.4, -0.2) is 44.7 Å². The second-order valence-electron chi connectivity index (χ2n) is 7.02. The Morgan fingerprint density at radius 3 is 2.74 bits per heavy atom. The Balaban J connectivity index is 1.88. The largest absolute Gasteiger partial charge is 0.481 e. The van der Waals surface area contributed by atoms with Gasteiger partial charge in [-0.2, -0.15) is 0 Å². The molecule has 0 aliphatic heterocycles. The highest BCUT2D eigenvalue weighted by Gasteiger charge is 2.33. The van der Waals surface area contributed by atoms with Crippen LogP contribution in [0.2, 0.25) is 0 Å². The summed E-state index contributed by atoms with van der Waals surface area (Å²) in [6.07, 6.45) is 7.12. The average Bonchev–Trinajstić information content (AvgIpc) is 2.45. The van der Waals surface area contributed by atoms with Crippen LogP contribution in [0.3, 0.4) is 0 Å². The molecule has 0 spiro atoms. The molecule has 0 bridgehead atoms. The highest BCUT2D eigenvalue weighted by Crippen LogP contribution is 2.42. The quantitative estimate of drug-likeness (QED) is 0.573. The summed E-state index contributed by atoms with van der Waals surface area (Å²) < 4.78 is 0. The smallest absolute Gasteiger partial charge is 0.305 e. The molecule has 6 atom stereocenters. The normalized spacial score (nSPS) is 32.8. The van der Waals surface area contributed by atoms with Gasteiger partial charge >= 0.3 is 5.97 Å².